The van der Waals surface area contributed by atoms with Crippen molar-refractivity contribution in [1.82, 2.24) is 4.90 Å². The third kappa shape index (κ3) is 8.02. The predicted molar refractivity (Wildman–Crippen MR) is 157 cm³/mol. The van der Waals surface area contributed by atoms with E-state index in [1.54, 1.807) is 18.2 Å². The van der Waals surface area contributed by atoms with Gasteiger partial charge in [0.2, 0.25) is 0 Å². The number of benzene rings is 2. The number of amides is 2. The van der Waals surface area contributed by atoms with E-state index in [-0.39, 0.29) is 11.6 Å². The Morgan fingerprint density at radius 1 is 1.07 bits per heavy atom. The van der Waals surface area contributed by atoms with Crippen molar-refractivity contribution in [3.8, 4) is 11.5 Å². The third-order valence-corrected chi connectivity index (χ3v) is 8.23. The molecule has 2 atom stereocenters. The van der Waals surface area contributed by atoms with Crippen LogP contribution in [-0.2, 0) is 16.0 Å². The van der Waals surface area contributed by atoms with Gasteiger partial charge in [-0.3, -0.25) is 4.90 Å². The van der Waals surface area contributed by atoms with E-state index in [1.165, 1.54) is 13.8 Å². The summed E-state index contributed by atoms with van der Waals surface area (Å²) in [6.07, 6.45) is -3.20. The number of carbonyl (C=O) groups excluding carboxylic acids is 1. The van der Waals surface area contributed by atoms with E-state index in [4.69, 9.17) is 36.7 Å². The predicted octanol–water partition coefficient (Wildman–Crippen LogP) is 3.73. The number of fused-ring (bicyclic) bond motifs is 1. The van der Waals surface area contributed by atoms with Crippen molar-refractivity contribution < 1.29 is 52.3 Å². The van der Waals surface area contributed by atoms with Crippen LogP contribution in [0.3, 0.4) is 0 Å². The normalized spacial score (nSPS) is 20.9. The number of aliphatic carboxylic acids is 2. The molecule has 2 saturated heterocycles. The number of rotatable bonds is 6. The van der Waals surface area contributed by atoms with Gasteiger partial charge in [0.05, 0.1) is 23.5 Å². The molecule has 1 spiro atoms. The number of aliphatic hydroxyl groups excluding tert-OH is 1. The number of hydrogen-bond acceptors (Lipinski definition) is 8. The van der Waals surface area contributed by atoms with Crippen LogP contribution in [-0.4, -0.2) is 93.9 Å². The van der Waals surface area contributed by atoms with Crippen LogP contribution in [0.15, 0.2) is 36.4 Å². The average Bonchev–Trinajstić information content (AvgIpc) is 3.49. The Hall–Kier alpha value is -3.95. The Morgan fingerprint density at radius 2 is 1.71 bits per heavy atom. The van der Waals surface area contributed by atoms with Crippen LogP contribution >= 0.6 is 11.6 Å². The highest BCUT2D eigenvalue weighted by molar-refractivity contribution is 6.30. The number of alkyl halides is 3. The van der Waals surface area contributed by atoms with Crippen molar-refractivity contribution in [1.29, 1.82) is 0 Å². The zero-order chi connectivity index (χ0) is 33.3. The first-order chi connectivity index (χ1) is 20.9. The zero-order valence-corrected chi connectivity index (χ0v) is 25.2. The number of carbonyl (C=O) groups is 3. The van der Waals surface area contributed by atoms with E-state index in [2.05, 4.69) is 10.2 Å². The van der Waals surface area contributed by atoms with Gasteiger partial charge in [0.15, 0.2) is 5.60 Å². The molecule has 2 fully saturated rings. The maximum absolute atomic E-state index is 11.6. The fourth-order valence-corrected chi connectivity index (χ4v) is 5.88. The lowest BCUT2D eigenvalue weighted by Gasteiger charge is -2.41. The Labute approximate surface area is 261 Å². The molecule has 246 valence electrons. The van der Waals surface area contributed by atoms with Crippen molar-refractivity contribution in [2.24, 2.45) is 5.73 Å². The molecule has 5 rings (SSSR count). The molecule has 2 amide bonds. The fourth-order valence-electron chi connectivity index (χ4n) is 5.68. The molecule has 3 aliphatic heterocycles. The highest BCUT2D eigenvalue weighted by Crippen LogP contribution is 2.43. The Balaban J connectivity index is 0.000000591. The van der Waals surface area contributed by atoms with Gasteiger partial charge in [0, 0.05) is 56.5 Å². The number of nitrogens with two attached hydrogens (primary N) is 1. The molecule has 0 saturated carbocycles. The molecule has 0 bridgehead atoms. The number of nitrogens with zero attached hydrogens (tertiary/aromatic N) is 2. The molecule has 2 aromatic rings. The van der Waals surface area contributed by atoms with Crippen molar-refractivity contribution >= 4 is 40.9 Å². The quantitative estimate of drug-likeness (QED) is 0.308. The number of carboxylic acids is 2. The summed E-state index contributed by atoms with van der Waals surface area (Å²) in [5.41, 5.74) is 5.90. The molecule has 6 N–H and O–H groups in total. The van der Waals surface area contributed by atoms with Gasteiger partial charge in [0.1, 0.15) is 17.1 Å². The molecule has 16 heteroatoms. The number of urea groups is 1. The van der Waals surface area contributed by atoms with Crippen molar-refractivity contribution in [2.75, 3.05) is 36.4 Å². The standard InChI is InChI=1S/C27H33ClN4O6.C2HF3O2/c1-26(2,24(34)35)37-18-4-5-19(30-25(29)36)20(12-18)32-14-21(22(33)15-32)31-9-7-27(8-10-31)13-16-11-17(28)3-6-23(16)38-27;3-2(4,5)1(6)7/h3-6,11-12,21-22,33H,7-10,13-15H2,1-2H3,(H,34,35)(H3,29,30,36);(H,6,7)/t21?,22-;/m1./s1. The average molecular weight is 659 g/mol. The van der Waals surface area contributed by atoms with Gasteiger partial charge in [-0.2, -0.15) is 13.2 Å². The lowest BCUT2D eigenvalue weighted by molar-refractivity contribution is -0.192. The van der Waals surface area contributed by atoms with E-state index in [1.807, 2.05) is 23.1 Å². The number of likely N-dealkylation sites (tertiary alicyclic amines) is 1. The molecule has 45 heavy (non-hydrogen) atoms. The van der Waals surface area contributed by atoms with Crippen molar-refractivity contribution in [3.05, 3.63) is 47.0 Å². The van der Waals surface area contributed by atoms with E-state index >= 15 is 0 Å². The number of carboxylic acid groups (broad SMARTS) is 2. The maximum atomic E-state index is 11.6. The second-order valence-electron chi connectivity index (χ2n) is 11.7. The topological polar surface area (TPSA) is 175 Å². The Morgan fingerprint density at radius 3 is 2.29 bits per heavy atom. The molecule has 0 aliphatic carbocycles. The van der Waals surface area contributed by atoms with E-state index in [0.717, 1.165) is 43.7 Å². The molecule has 1 unspecified atom stereocenters. The molecule has 12 nitrogen and oxygen atoms in total. The van der Waals surface area contributed by atoms with Gasteiger partial charge >= 0.3 is 24.1 Å². The van der Waals surface area contributed by atoms with Crippen LogP contribution in [0.4, 0.5) is 29.3 Å². The number of hydrogen-bond donors (Lipinski definition) is 5. The summed E-state index contributed by atoms with van der Waals surface area (Å²) in [5.74, 6) is -2.63. The van der Waals surface area contributed by atoms with Gasteiger partial charge < -0.3 is 40.7 Å². The van der Waals surface area contributed by atoms with Crippen molar-refractivity contribution in [3.63, 3.8) is 0 Å². The van der Waals surface area contributed by atoms with E-state index < -0.39 is 35.9 Å². The number of piperidine rings is 1. The number of anilines is 2. The minimum Gasteiger partial charge on any atom is -0.487 e. The number of aliphatic hydroxyl groups is 1. The molecule has 3 heterocycles. The van der Waals surface area contributed by atoms with E-state index in [0.29, 0.717) is 35.2 Å². The first-order valence-corrected chi connectivity index (χ1v) is 14.3. The van der Waals surface area contributed by atoms with Gasteiger partial charge in [-0.1, -0.05) is 11.6 Å². The van der Waals surface area contributed by atoms with Gasteiger partial charge in [0.25, 0.3) is 0 Å². The summed E-state index contributed by atoms with van der Waals surface area (Å²) in [6, 6.07) is 9.80. The number of β-amino-alcohol motifs (C(OH)–C–C–N with tert-alkyl or cyclic N) is 1. The molecule has 0 radical (unpaired) electrons. The largest absolute Gasteiger partial charge is 0.490 e. The summed E-state index contributed by atoms with van der Waals surface area (Å²) in [6.45, 7) is 5.34. The third-order valence-electron chi connectivity index (χ3n) is 8.00. The Bertz CT molecular complexity index is 1450. The van der Waals surface area contributed by atoms with E-state index in [9.17, 15) is 33.0 Å². The Kier molecular flexibility index (Phi) is 9.66. The van der Waals surface area contributed by atoms with Crippen LogP contribution in [0.25, 0.3) is 0 Å². The zero-order valence-electron chi connectivity index (χ0n) is 24.4. The number of nitrogens with one attached hydrogen (secondary N) is 1. The van der Waals surface area contributed by atoms with Gasteiger partial charge in [-0.15, -0.1) is 0 Å². The number of halogens is 4. The maximum Gasteiger partial charge on any atom is 0.490 e. The highest BCUT2D eigenvalue weighted by Gasteiger charge is 2.45. The molecule has 3 aliphatic rings. The summed E-state index contributed by atoms with van der Waals surface area (Å²) >= 11 is 6.17. The minimum atomic E-state index is -5.08. The molecule has 0 aromatic heterocycles. The lowest BCUT2D eigenvalue weighted by atomic mass is 9.86. The SMILES string of the molecule is CC(C)(Oc1ccc(NC(N)=O)c(N2CC(N3CCC4(CC3)Cc3cc(Cl)ccc3O4)[C@H](O)C2)c1)C(=O)O.O=C(O)C(F)(F)F. The molecular formula is C29H34ClF3N4O8. The second kappa shape index (κ2) is 12.8. The van der Waals surface area contributed by atoms with Crippen molar-refractivity contribution in [2.45, 2.75) is 62.6 Å². The summed E-state index contributed by atoms with van der Waals surface area (Å²) in [4.78, 5) is 36.4. The summed E-state index contributed by atoms with van der Waals surface area (Å²) < 4.78 is 43.8. The number of ether oxygens (including phenoxy) is 2. The second-order valence-corrected chi connectivity index (χ2v) is 12.1. The molecular weight excluding hydrogens is 625 g/mol. The van der Waals surface area contributed by atoms with Crippen LogP contribution in [0.5, 0.6) is 11.5 Å². The van der Waals surface area contributed by atoms with Crippen LogP contribution in [0, 0.1) is 0 Å². The lowest BCUT2D eigenvalue weighted by Crippen LogP contribution is -2.53. The minimum absolute atomic E-state index is 0.118. The highest BCUT2D eigenvalue weighted by atomic mass is 35.5. The number of primary amides is 1. The first kappa shape index (κ1) is 33.9. The fraction of sp³-hybridized carbons (Fsp3) is 0.483. The molecule has 2 aromatic carbocycles. The van der Waals surface area contributed by atoms with Crippen LogP contribution in [0.2, 0.25) is 5.02 Å². The smallest absolute Gasteiger partial charge is 0.487 e. The summed E-state index contributed by atoms with van der Waals surface area (Å²) in [7, 11) is 0. The van der Waals surface area contributed by atoms with Gasteiger partial charge in [-0.25, -0.2) is 14.4 Å². The van der Waals surface area contributed by atoms with Gasteiger partial charge in [-0.05, 0) is 49.7 Å². The monoisotopic (exact) mass is 658 g/mol. The van der Waals surface area contributed by atoms with Crippen LogP contribution in [0.1, 0.15) is 32.3 Å². The first-order valence-electron chi connectivity index (χ1n) is 14.0. The van der Waals surface area contributed by atoms with Crippen LogP contribution < -0.4 is 25.4 Å². The summed E-state index contributed by atoms with van der Waals surface area (Å²) in [5, 5.41) is 31.0.